The van der Waals surface area contributed by atoms with Gasteiger partial charge in [0.05, 0.1) is 18.3 Å². The summed E-state index contributed by atoms with van der Waals surface area (Å²) in [6.07, 6.45) is 3.65. The molecule has 0 aromatic carbocycles. The van der Waals surface area contributed by atoms with Gasteiger partial charge in [-0.3, -0.25) is 9.48 Å². The fourth-order valence-corrected chi connectivity index (χ4v) is 1.30. The van der Waals surface area contributed by atoms with Gasteiger partial charge < -0.3 is 10.5 Å². The number of ether oxygens (including phenoxy) is 1. The quantitative estimate of drug-likeness (QED) is 0.779. The summed E-state index contributed by atoms with van der Waals surface area (Å²) in [6, 6.07) is 0. The molecule has 1 rings (SSSR count). The van der Waals surface area contributed by atoms with Crippen LogP contribution in [0.25, 0.3) is 0 Å². The molecule has 0 spiro atoms. The molecule has 1 atom stereocenters. The summed E-state index contributed by atoms with van der Waals surface area (Å²) in [5.41, 5.74) is 4.78. The van der Waals surface area contributed by atoms with Gasteiger partial charge in [0, 0.05) is 12.7 Å². The molecular formula is C9H14ClN3O2. The highest BCUT2D eigenvalue weighted by atomic mass is 35.5. The summed E-state index contributed by atoms with van der Waals surface area (Å²) in [7, 11) is 1.32. The Balaban J connectivity index is 2.53. The molecule has 1 aromatic heterocycles. The molecule has 0 bridgehead atoms. The van der Waals surface area contributed by atoms with Crippen LogP contribution in [0.2, 0.25) is 5.02 Å². The van der Waals surface area contributed by atoms with E-state index in [4.69, 9.17) is 17.3 Å². The van der Waals surface area contributed by atoms with Gasteiger partial charge in [0.2, 0.25) is 0 Å². The van der Waals surface area contributed by atoms with E-state index in [0.717, 1.165) is 0 Å². The second-order valence-electron chi connectivity index (χ2n) is 3.58. The molecule has 1 aromatic rings. The van der Waals surface area contributed by atoms with Gasteiger partial charge in [0.25, 0.3) is 0 Å². The van der Waals surface area contributed by atoms with E-state index in [2.05, 4.69) is 9.84 Å². The van der Waals surface area contributed by atoms with Gasteiger partial charge >= 0.3 is 5.97 Å². The summed E-state index contributed by atoms with van der Waals surface area (Å²) in [6.45, 7) is 2.15. The Morgan fingerprint density at radius 1 is 1.80 bits per heavy atom. The summed E-state index contributed by atoms with van der Waals surface area (Å²) in [4.78, 5) is 11.3. The van der Waals surface area contributed by atoms with Crippen LogP contribution in [0, 0.1) is 0 Å². The minimum atomic E-state index is -0.993. The molecule has 0 fully saturated rings. The zero-order valence-corrected chi connectivity index (χ0v) is 9.49. The fraction of sp³-hybridized carbons (Fsp3) is 0.556. The number of aryl methyl sites for hydroxylation is 1. The second-order valence-corrected chi connectivity index (χ2v) is 4.02. The van der Waals surface area contributed by atoms with Crippen molar-refractivity contribution < 1.29 is 9.53 Å². The molecule has 0 saturated heterocycles. The van der Waals surface area contributed by atoms with Crippen LogP contribution >= 0.6 is 11.6 Å². The SMILES string of the molecule is COC(=O)C(C)(N)CCn1cc(Cl)cn1. The number of carbonyl (C=O) groups is 1. The number of halogens is 1. The van der Waals surface area contributed by atoms with Crippen molar-refractivity contribution in [2.45, 2.75) is 25.4 Å². The first-order valence-electron chi connectivity index (χ1n) is 4.51. The predicted octanol–water partition coefficient (Wildman–Crippen LogP) is 0.817. The molecule has 0 amide bonds. The highest BCUT2D eigenvalue weighted by Crippen LogP contribution is 2.11. The number of carbonyl (C=O) groups excluding carboxylic acids is 1. The van der Waals surface area contributed by atoms with Crippen molar-refractivity contribution in [2.75, 3.05) is 7.11 Å². The average Bonchev–Trinajstić information content (AvgIpc) is 2.60. The molecule has 1 unspecified atom stereocenters. The summed E-state index contributed by atoms with van der Waals surface area (Å²) in [5.74, 6) is -0.430. The largest absolute Gasteiger partial charge is 0.468 e. The molecule has 2 N–H and O–H groups in total. The predicted molar refractivity (Wildman–Crippen MR) is 56.5 cm³/mol. The lowest BCUT2D eigenvalue weighted by Gasteiger charge is -2.20. The molecule has 5 nitrogen and oxygen atoms in total. The first kappa shape index (κ1) is 12.0. The van der Waals surface area contributed by atoms with Crippen LogP contribution in [0.1, 0.15) is 13.3 Å². The van der Waals surface area contributed by atoms with Crippen molar-refractivity contribution in [3.8, 4) is 0 Å². The third kappa shape index (κ3) is 3.21. The maximum atomic E-state index is 11.3. The summed E-state index contributed by atoms with van der Waals surface area (Å²) in [5, 5.41) is 4.54. The Morgan fingerprint density at radius 2 is 2.47 bits per heavy atom. The smallest absolute Gasteiger partial charge is 0.325 e. The number of nitrogens with zero attached hydrogens (tertiary/aromatic N) is 2. The van der Waals surface area contributed by atoms with Gasteiger partial charge in [0.15, 0.2) is 0 Å². The van der Waals surface area contributed by atoms with E-state index < -0.39 is 11.5 Å². The van der Waals surface area contributed by atoms with Crippen LogP contribution < -0.4 is 5.73 Å². The van der Waals surface area contributed by atoms with Gasteiger partial charge in [-0.2, -0.15) is 5.10 Å². The maximum absolute atomic E-state index is 11.3. The lowest BCUT2D eigenvalue weighted by molar-refractivity contribution is -0.146. The van der Waals surface area contributed by atoms with Crippen molar-refractivity contribution in [1.82, 2.24) is 9.78 Å². The van der Waals surface area contributed by atoms with Crippen LogP contribution in [-0.2, 0) is 16.1 Å². The van der Waals surface area contributed by atoms with E-state index in [0.29, 0.717) is 18.0 Å². The Bertz CT molecular complexity index is 349. The minimum Gasteiger partial charge on any atom is -0.468 e. The van der Waals surface area contributed by atoms with E-state index in [1.165, 1.54) is 13.3 Å². The molecule has 84 valence electrons. The number of hydrogen-bond donors (Lipinski definition) is 1. The maximum Gasteiger partial charge on any atom is 0.325 e. The van der Waals surface area contributed by atoms with Crippen molar-refractivity contribution in [3.05, 3.63) is 17.4 Å². The van der Waals surface area contributed by atoms with E-state index in [-0.39, 0.29) is 0 Å². The van der Waals surface area contributed by atoms with Crippen molar-refractivity contribution in [3.63, 3.8) is 0 Å². The number of methoxy groups -OCH3 is 1. The van der Waals surface area contributed by atoms with Gasteiger partial charge in [-0.25, -0.2) is 0 Å². The van der Waals surface area contributed by atoms with Crippen molar-refractivity contribution >= 4 is 17.6 Å². The first-order chi connectivity index (χ1) is 6.95. The van der Waals surface area contributed by atoms with E-state index in [1.54, 1.807) is 17.8 Å². The molecule has 15 heavy (non-hydrogen) atoms. The number of hydrogen-bond acceptors (Lipinski definition) is 4. The van der Waals surface area contributed by atoms with Gasteiger partial charge in [-0.05, 0) is 13.3 Å². The minimum absolute atomic E-state index is 0.430. The second kappa shape index (κ2) is 4.63. The molecule has 0 aliphatic rings. The number of nitrogens with two attached hydrogens (primary N) is 1. The standard InChI is InChI=1S/C9H14ClN3O2/c1-9(11,8(14)15-2)3-4-13-6-7(10)5-12-13/h5-6H,3-4,11H2,1-2H3. The molecule has 0 aliphatic carbocycles. The van der Waals surface area contributed by atoms with Crippen molar-refractivity contribution in [1.29, 1.82) is 0 Å². The van der Waals surface area contributed by atoms with Crippen LogP contribution in [-0.4, -0.2) is 28.4 Å². The highest BCUT2D eigenvalue weighted by molar-refractivity contribution is 6.30. The zero-order valence-electron chi connectivity index (χ0n) is 8.74. The number of aromatic nitrogens is 2. The first-order valence-corrected chi connectivity index (χ1v) is 4.89. The molecule has 0 aliphatic heterocycles. The topological polar surface area (TPSA) is 70.1 Å². The van der Waals surface area contributed by atoms with Gasteiger partial charge in [-0.15, -0.1) is 0 Å². The number of esters is 1. The molecule has 1 heterocycles. The Kier molecular flexibility index (Phi) is 3.71. The molecular weight excluding hydrogens is 218 g/mol. The van der Waals surface area contributed by atoms with Crippen LogP contribution in [0.4, 0.5) is 0 Å². The van der Waals surface area contributed by atoms with E-state index >= 15 is 0 Å². The number of rotatable bonds is 4. The lowest BCUT2D eigenvalue weighted by Crippen LogP contribution is -2.46. The molecule has 0 saturated carbocycles. The Labute approximate surface area is 93.1 Å². The van der Waals surface area contributed by atoms with Crippen LogP contribution in [0.3, 0.4) is 0 Å². The monoisotopic (exact) mass is 231 g/mol. The van der Waals surface area contributed by atoms with Crippen LogP contribution in [0.5, 0.6) is 0 Å². The van der Waals surface area contributed by atoms with Gasteiger partial charge in [-0.1, -0.05) is 11.6 Å². The van der Waals surface area contributed by atoms with Crippen LogP contribution in [0.15, 0.2) is 12.4 Å². The van der Waals surface area contributed by atoms with Crippen molar-refractivity contribution in [2.24, 2.45) is 5.73 Å². The molecule has 0 radical (unpaired) electrons. The van der Waals surface area contributed by atoms with E-state index in [9.17, 15) is 4.79 Å². The zero-order chi connectivity index (χ0) is 11.5. The Morgan fingerprint density at radius 3 is 2.93 bits per heavy atom. The highest BCUT2D eigenvalue weighted by Gasteiger charge is 2.29. The fourth-order valence-electron chi connectivity index (χ4n) is 1.14. The third-order valence-corrected chi connectivity index (χ3v) is 2.31. The summed E-state index contributed by atoms with van der Waals surface area (Å²) >= 11 is 5.69. The Hall–Kier alpha value is -1.07. The average molecular weight is 232 g/mol. The lowest BCUT2D eigenvalue weighted by atomic mass is 10.00. The summed E-state index contributed by atoms with van der Waals surface area (Å²) < 4.78 is 6.22. The van der Waals surface area contributed by atoms with Gasteiger partial charge in [0.1, 0.15) is 5.54 Å². The third-order valence-electron chi connectivity index (χ3n) is 2.11. The van der Waals surface area contributed by atoms with E-state index in [1.807, 2.05) is 0 Å². The normalized spacial score (nSPS) is 14.7. The molecule has 6 heteroatoms.